The summed E-state index contributed by atoms with van der Waals surface area (Å²) >= 11 is 0. The number of sulfonamides is 1. The van der Waals surface area contributed by atoms with E-state index in [0.717, 1.165) is 6.42 Å². The van der Waals surface area contributed by atoms with E-state index in [1.807, 2.05) is 27.7 Å². The molecule has 120 valence electrons. The van der Waals surface area contributed by atoms with Crippen molar-refractivity contribution in [2.24, 2.45) is 11.1 Å². The lowest BCUT2D eigenvalue weighted by Gasteiger charge is -2.30. The maximum atomic E-state index is 12.4. The Balaban J connectivity index is 2.87. The van der Waals surface area contributed by atoms with Gasteiger partial charge in [0.15, 0.2) is 0 Å². The van der Waals surface area contributed by atoms with Crippen LogP contribution in [0, 0.1) is 5.41 Å². The van der Waals surface area contributed by atoms with Crippen LogP contribution in [0.15, 0.2) is 29.2 Å². The van der Waals surface area contributed by atoms with Crippen molar-refractivity contribution in [2.45, 2.75) is 45.1 Å². The van der Waals surface area contributed by atoms with Gasteiger partial charge in [-0.05, 0) is 36.1 Å². The quantitative estimate of drug-likeness (QED) is 0.808. The molecule has 0 aliphatic heterocycles. The zero-order valence-electron chi connectivity index (χ0n) is 13.2. The molecule has 21 heavy (non-hydrogen) atoms. The van der Waals surface area contributed by atoms with E-state index in [1.165, 1.54) is 0 Å². The molecule has 1 aromatic carbocycles. The third kappa shape index (κ3) is 5.30. The Labute approximate surface area is 127 Å². The average Bonchev–Trinajstić information content (AvgIpc) is 2.41. The highest BCUT2D eigenvalue weighted by atomic mass is 32.2. The van der Waals surface area contributed by atoms with Crippen molar-refractivity contribution in [3.05, 3.63) is 24.3 Å². The standard InChI is InChI=1S/C15H26N2O3S/c1-5-10-20-12-6-8-13(9-7-12)21(18,19)17-14(11-16)15(2,3)4/h6-9,14,17H,5,10-11,16H2,1-4H3. The molecule has 0 saturated heterocycles. The molecule has 0 amide bonds. The van der Waals surface area contributed by atoms with E-state index < -0.39 is 10.0 Å². The molecule has 1 atom stereocenters. The number of nitrogens with one attached hydrogen (secondary N) is 1. The number of ether oxygens (including phenoxy) is 1. The third-order valence-electron chi connectivity index (χ3n) is 3.19. The molecule has 5 nitrogen and oxygen atoms in total. The number of rotatable bonds is 7. The third-order valence-corrected chi connectivity index (χ3v) is 4.67. The van der Waals surface area contributed by atoms with Gasteiger partial charge in [-0.25, -0.2) is 13.1 Å². The van der Waals surface area contributed by atoms with Crippen LogP contribution in [-0.4, -0.2) is 27.6 Å². The predicted octanol–water partition coefficient (Wildman–Crippen LogP) is 2.13. The van der Waals surface area contributed by atoms with Crippen molar-refractivity contribution >= 4 is 10.0 Å². The molecule has 0 bridgehead atoms. The van der Waals surface area contributed by atoms with Gasteiger partial charge >= 0.3 is 0 Å². The Bertz CT molecular complexity index is 533. The van der Waals surface area contributed by atoms with Crippen LogP contribution in [0.1, 0.15) is 34.1 Å². The fraction of sp³-hybridized carbons (Fsp3) is 0.600. The summed E-state index contributed by atoms with van der Waals surface area (Å²) in [4.78, 5) is 0.217. The minimum atomic E-state index is -3.58. The predicted molar refractivity (Wildman–Crippen MR) is 84.8 cm³/mol. The maximum absolute atomic E-state index is 12.4. The molecular formula is C15H26N2O3S. The first-order chi connectivity index (χ1) is 9.70. The lowest BCUT2D eigenvalue weighted by Crippen LogP contribution is -2.48. The van der Waals surface area contributed by atoms with Crippen LogP contribution < -0.4 is 15.2 Å². The Morgan fingerprint density at radius 2 is 1.81 bits per heavy atom. The van der Waals surface area contributed by atoms with Gasteiger partial charge in [0.05, 0.1) is 11.5 Å². The molecule has 1 aromatic rings. The van der Waals surface area contributed by atoms with Crippen molar-refractivity contribution in [1.29, 1.82) is 0 Å². The first kappa shape index (κ1) is 17.9. The van der Waals surface area contributed by atoms with Gasteiger partial charge in [0, 0.05) is 12.6 Å². The Kier molecular flexibility index (Phi) is 6.19. The highest BCUT2D eigenvalue weighted by Gasteiger charge is 2.28. The molecule has 1 unspecified atom stereocenters. The Morgan fingerprint density at radius 3 is 2.24 bits per heavy atom. The molecule has 0 aliphatic rings. The van der Waals surface area contributed by atoms with E-state index in [0.29, 0.717) is 12.4 Å². The number of hydrogen-bond donors (Lipinski definition) is 2. The van der Waals surface area contributed by atoms with Crippen LogP contribution >= 0.6 is 0 Å². The van der Waals surface area contributed by atoms with Gasteiger partial charge < -0.3 is 10.5 Å². The van der Waals surface area contributed by atoms with Crippen molar-refractivity contribution in [3.8, 4) is 5.75 Å². The molecule has 0 radical (unpaired) electrons. The van der Waals surface area contributed by atoms with Crippen LogP contribution in [0.5, 0.6) is 5.75 Å². The molecule has 3 N–H and O–H groups in total. The van der Waals surface area contributed by atoms with Crippen LogP contribution in [0.2, 0.25) is 0 Å². The molecule has 0 aliphatic carbocycles. The number of nitrogens with two attached hydrogens (primary N) is 1. The summed E-state index contributed by atoms with van der Waals surface area (Å²) in [6.07, 6.45) is 0.908. The molecule has 0 fully saturated rings. The monoisotopic (exact) mass is 314 g/mol. The molecular weight excluding hydrogens is 288 g/mol. The van der Waals surface area contributed by atoms with E-state index in [4.69, 9.17) is 10.5 Å². The summed E-state index contributed by atoms with van der Waals surface area (Å²) in [6.45, 7) is 8.74. The number of benzene rings is 1. The molecule has 0 spiro atoms. The fourth-order valence-electron chi connectivity index (χ4n) is 1.77. The molecule has 0 aromatic heterocycles. The average molecular weight is 314 g/mol. The van der Waals surface area contributed by atoms with E-state index in [1.54, 1.807) is 24.3 Å². The van der Waals surface area contributed by atoms with Crippen LogP contribution in [0.4, 0.5) is 0 Å². The SMILES string of the molecule is CCCOc1ccc(S(=O)(=O)NC(CN)C(C)(C)C)cc1. The first-order valence-electron chi connectivity index (χ1n) is 7.16. The van der Waals surface area contributed by atoms with Gasteiger partial charge in [-0.3, -0.25) is 0 Å². The van der Waals surface area contributed by atoms with Gasteiger partial charge in [0.1, 0.15) is 5.75 Å². The smallest absolute Gasteiger partial charge is 0.240 e. The summed E-state index contributed by atoms with van der Waals surface area (Å²) < 4.78 is 32.8. The van der Waals surface area contributed by atoms with Crippen molar-refractivity contribution < 1.29 is 13.2 Å². The van der Waals surface area contributed by atoms with Gasteiger partial charge in [0.25, 0.3) is 0 Å². The van der Waals surface area contributed by atoms with Gasteiger partial charge in [-0.2, -0.15) is 0 Å². The van der Waals surface area contributed by atoms with Crippen LogP contribution in [0.3, 0.4) is 0 Å². The topological polar surface area (TPSA) is 81.4 Å². The summed E-state index contributed by atoms with van der Waals surface area (Å²) in [6, 6.07) is 6.10. The van der Waals surface area contributed by atoms with Crippen LogP contribution in [0.25, 0.3) is 0 Å². The Hall–Kier alpha value is -1.11. The highest BCUT2D eigenvalue weighted by Crippen LogP contribution is 2.22. The van der Waals surface area contributed by atoms with Crippen LogP contribution in [-0.2, 0) is 10.0 Å². The molecule has 0 heterocycles. The first-order valence-corrected chi connectivity index (χ1v) is 8.64. The summed E-state index contributed by atoms with van der Waals surface area (Å²) in [5.74, 6) is 0.669. The van der Waals surface area contributed by atoms with Crippen molar-refractivity contribution in [2.75, 3.05) is 13.2 Å². The lowest BCUT2D eigenvalue weighted by atomic mass is 9.88. The maximum Gasteiger partial charge on any atom is 0.240 e. The summed E-state index contributed by atoms with van der Waals surface area (Å²) in [7, 11) is -3.58. The minimum Gasteiger partial charge on any atom is -0.494 e. The van der Waals surface area contributed by atoms with Crippen molar-refractivity contribution in [3.63, 3.8) is 0 Å². The van der Waals surface area contributed by atoms with E-state index >= 15 is 0 Å². The van der Waals surface area contributed by atoms with Gasteiger partial charge in [0.2, 0.25) is 10.0 Å². The normalized spacial score (nSPS) is 14.0. The second-order valence-corrected chi connectivity index (χ2v) is 7.81. The largest absolute Gasteiger partial charge is 0.494 e. The van der Waals surface area contributed by atoms with Gasteiger partial charge in [-0.1, -0.05) is 27.7 Å². The summed E-state index contributed by atoms with van der Waals surface area (Å²) in [5.41, 5.74) is 5.43. The van der Waals surface area contributed by atoms with Gasteiger partial charge in [-0.15, -0.1) is 0 Å². The number of hydrogen-bond acceptors (Lipinski definition) is 4. The van der Waals surface area contributed by atoms with E-state index in [9.17, 15) is 8.42 Å². The highest BCUT2D eigenvalue weighted by molar-refractivity contribution is 7.89. The zero-order valence-corrected chi connectivity index (χ0v) is 14.0. The second kappa shape index (κ2) is 7.24. The lowest BCUT2D eigenvalue weighted by molar-refractivity contribution is 0.304. The molecule has 6 heteroatoms. The minimum absolute atomic E-state index is 0.217. The van der Waals surface area contributed by atoms with E-state index in [-0.39, 0.29) is 22.9 Å². The molecule has 0 saturated carbocycles. The second-order valence-electron chi connectivity index (χ2n) is 6.10. The van der Waals surface area contributed by atoms with E-state index in [2.05, 4.69) is 4.72 Å². The van der Waals surface area contributed by atoms with Crippen molar-refractivity contribution in [1.82, 2.24) is 4.72 Å². The fourth-order valence-corrected chi connectivity index (χ4v) is 3.22. The summed E-state index contributed by atoms with van der Waals surface area (Å²) in [5, 5.41) is 0. The Morgan fingerprint density at radius 1 is 1.24 bits per heavy atom. The molecule has 1 rings (SSSR count). The zero-order chi connectivity index (χ0) is 16.1.